The monoisotopic (exact) mass is 496 g/mol. The predicted octanol–water partition coefficient (Wildman–Crippen LogP) is 3.96. The highest BCUT2D eigenvalue weighted by molar-refractivity contribution is 7.59. The molecule has 7 rings (SSSR count). The highest BCUT2D eigenvalue weighted by atomic mass is 32.1. The summed E-state index contributed by atoms with van der Waals surface area (Å²) >= 11 is 0. The van der Waals surface area contributed by atoms with E-state index in [1.807, 2.05) is 42.6 Å². The Morgan fingerprint density at radius 3 is 2.69 bits per heavy atom. The number of hydrogen-bond acceptors (Lipinski definition) is 6. The maximum atomic E-state index is 14.0. The zero-order valence-electron chi connectivity index (χ0n) is 19.4. The Morgan fingerprint density at radius 2 is 1.92 bits per heavy atom. The second-order valence-corrected chi connectivity index (χ2v) is 9.26. The Bertz CT molecular complexity index is 1690. The number of rotatable bonds is 4. The molecule has 36 heavy (non-hydrogen) atoms. The van der Waals surface area contributed by atoms with E-state index in [2.05, 4.69) is 25.9 Å². The molecule has 0 unspecified atom stereocenters. The fourth-order valence-corrected chi connectivity index (χ4v) is 5.41. The third-order valence-electron chi connectivity index (χ3n) is 7.17. The van der Waals surface area contributed by atoms with Crippen LogP contribution in [0.15, 0.2) is 59.9 Å². The Labute approximate surface area is 213 Å². The van der Waals surface area contributed by atoms with Crippen LogP contribution in [-0.2, 0) is 0 Å². The first-order valence-electron chi connectivity index (χ1n) is 11.9. The first-order chi connectivity index (χ1) is 17.2. The van der Waals surface area contributed by atoms with Crippen molar-refractivity contribution >= 4 is 35.9 Å². The molecule has 2 fully saturated rings. The number of nitriles is 1. The number of aromatic amines is 1. The predicted molar refractivity (Wildman–Crippen MR) is 141 cm³/mol. The van der Waals surface area contributed by atoms with Crippen molar-refractivity contribution in [2.24, 2.45) is 0 Å². The summed E-state index contributed by atoms with van der Waals surface area (Å²) in [6.07, 6.45) is 9.06. The summed E-state index contributed by atoms with van der Waals surface area (Å²) in [5, 5.41) is 15.4. The lowest BCUT2D eigenvalue weighted by Gasteiger charge is -2.27. The second-order valence-electron chi connectivity index (χ2n) is 9.26. The van der Waals surface area contributed by atoms with Gasteiger partial charge in [0.2, 0.25) is 0 Å². The number of fused-ring (bicyclic) bond motifs is 2. The molecule has 1 N–H and O–H groups in total. The zero-order valence-corrected chi connectivity index (χ0v) is 20.4. The van der Waals surface area contributed by atoms with Crippen LogP contribution in [0.25, 0.3) is 22.2 Å². The number of para-hydroxylation sites is 1. The highest BCUT2D eigenvalue weighted by Gasteiger charge is 2.35. The van der Waals surface area contributed by atoms with Crippen LogP contribution in [0.5, 0.6) is 0 Å². The number of hydrogen-bond donors (Lipinski definition) is 1. The molecular formula is C26H24N8OS. The molecule has 1 aromatic carbocycles. The van der Waals surface area contributed by atoms with E-state index in [9.17, 15) is 10.1 Å². The number of nitrogens with zero attached hydrogens (tertiary/aromatic N) is 7. The van der Waals surface area contributed by atoms with Crippen LogP contribution in [-0.4, -0.2) is 35.7 Å². The fourth-order valence-electron chi connectivity index (χ4n) is 5.41. The van der Waals surface area contributed by atoms with Gasteiger partial charge in [-0.1, -0.05) is 18.2 Å². The molecule has 5 aromatic rings. The summed E-state index contributed by atoms with van der Waals surface area (Å²) < 4.78 is 3.53. The lowest BCUT2D eigenvalue weighted by atomic mass is 10.1. The van der Waals surface area contributed by atoms with Gasteiger partial charge in [-0.05, 0) is 55.4 Å². The standard InChI is InChI=1S/C26H22N8O.H2S/c27-13-17-14-28-23-21(17)25(30-15-29-23)32-11-4-7-20(32)24-31-33-12-10-19(16-8-9-16)22(33)26(35)34(24)18-5-2-1-3-6-18;/h1-3,5-6,10,12,14-16,20H,4,7-9,11H2,(H,28,29,30);1H2/t20-;/m0./s1. The van der Waals surface area contributed by atoms with Gasteiger partial charge in [0.1, 0.15) is 29.4 Å². The third-order valence-corrected chi connectivity index (χ3v) is 7.17. The van der Waals surface area contributed by atoms with Gasteiger partial charge in [-0.2, -0.15) is 23.9 Å². The molecule has 4 aromatic heterocycles. The number of anilines is 1. The smallest absolute Gasteiger partial charge is 0.282 e. The average Bonchev–Trinajstić information content (AvgIpc) is 3.29. The summed E-state index contributed by atoms with van der Waals surface area (Å²) in [7, 11) is 0. The summed E-state index contributed by atoms with van der Waals surface area (Å²) in [6.45, 7) is 0.745. The molecule has 1 atom stereocenters. The molecule has 1 saturated heterocycles. The van der Waals surface area contributed by atoms with Crippen molar-refractivity contribution in [3.8, 4) is 11.8 Å². The van der Waals surface area contributed by atoms with Gasteiger partial charge in [0.05, 0.1) is 22.7 Å². The quantitative estimate of drug-likeness (QED) is 0.404. The molecule has 9 nitrogen and oxygen atoms in total. The van der Waals surface area contributed by atoms with Gasteiger partial charge < -0.3 is 9.88 Å². The van der Waals surface area contributed by atoms with Gasteiger partial charge in [-0.15, -0.1) is 0 Å². The first kappa shape index (κ1) is 22.4. The summed E-state index contributed by atoms with van der Waals surface area (Å²) in [4.78, 5) is 28.2. The molecule has 0 spiro atoms. The van der Waals surface area contributed by atoms with E-state index in [0.717, 1.165) is 43.5 Å². The molecule has 1 saturated carbocycles. The van der Waals surface area contributed by atoms with Crippen molar-refractivity contribution in [3.05, 3.63) is 82.4 Å². The van der Waals surface area contributed by atoms with Crippen LogP contribution in [0.2, 0.25) is 0 Å². The van der Waals surface area contributed by atoms with E-state index in [1.54, 1.807) is 15.3 Å². The van der Waals surface area contributed by atoms with Gasteiger partial charge in [0, 0.05) is 18.9 Å². The van der Waals surface area contributed by atoms with Crippen molar-refractivity contribution in [1.29, 1.82) is 5.26 Å². The van der Waals surface area contributed by atoms with Crippen LogP contribution >= 0.6 is 13.5 Å². The van der Waals surface area contributed by atoms with Crippen LogP contribution in [0.1, 0.15) is 54.6 Å². The Morgan fingerprint density at radius 1 is 1.08 bits per heavy atom. The third kappa shape index (κ3) is 3.31. The fraction of sp³-hybridized carbons (Fsp3) is 0.269. The number of nitrogens with one attached hydrogen (secondary N) is 1. The summed E-state index contributed by atoms with van der Waals surface area (Å²) in [5.41, 5.74) is 3.62. The van der Waals surface area contributed by atoms with Gasteiger partial charge in [-0.3, -0.25) is 9.36 Å². The second kappa shape index (κ2) is 8.53. The minimum absolute atomic E-state index is 0. The topological polar surface area (TPSA) is 108 Å². The van der Waals surface area contributed by atoms with Crippen LogP contribution in [0.4, 0.5) is 5.82 Å². The van der Waals surface area contributed by atoms with Crippen LogP contribution in [0.3, 0.4) is 0 Å². The van der Waals surface area contributed by atoms with Crippen LogP contribution in [0, 0.1) is 11.3 Å². The van der Waals surface area contributed by atoms with Crippen LogP contribution < -0.4 is 10.5 Å². The van der Waals surface area contributed by atoms with Gasteiger partial charge in [-0.25, -0.2) is 14.5 Å². The average molecular weight is 497 g/mol. The molecule has 5 heterocycles. The van der Waals surface area contributed by atoms with Crippen molar-refractivity contribution < 1.29 is 0 Å². The van der Waals surface area contributed by atoms with Crippen molar-refractivity contribution in [2.45, 2.75) is 37.6 Å². The van der Waals surface area contributed by atoms with Crippen molar-refractivity contribution in [2.75, 3.05) is 11.4 Å². The van der Waals surface area contributed by atoms with Gasteiger partial charge >= 0.3 is 0 Å². The lowest BCUT2D eigenvalue weighted by molar-refractivity contribution is 0.601. The minimum atomic E-state index is -0.182. The largest absolute Gasteiger partial charge is 0.346 e. The number of H-pyrrole nitrogens is 1. The molecule has 0 bridgehead atoms. The molecule has 10 heteroatoms. The Kier molecular flexibility index (Phi) is 5.30. The molecular weight excluding hydrogens is 472 g/mol. The van der Waals surface area contributed by atoms with E-state index < -0.39 is 0 Å². The zero-order chi connectivity index (χ0) is 23.5. The normalized spacial score (nSPS) is 17.4. The van der Waals surface area contributed by atoms with E-state index >= 15 is 0 Å². The number of benzene rings is 1. The number of aromatic nitrogens is 6. The van der Waals surface area contributed by atoms with Crippen molar-refractivity contribution in [3.63, 3.8) is 0 Å². The highest BCUT2D eigenvalue weighted by Crippen LogP contribution is 2.42. The molecule has 0 radical (unpaired) electrons. The van der Waals surface area contributed by atoms with Crippen molar-refractivity contribution in [1.82, 2.24) is 29.1 Å². The van der Waals surface area contributed by atoms with Gasteiger partial charge in [0.25, 0.3) is 5.56 Å². The molecule has 1 aliphatic carbocycles. The molecule has 180 valence electrons. The molecule has 1 aliphatic heterocycles. The summed E-state index contributed by atoms with van der Waals surface area (Å²) in [6, 6.07) is 13.8. The maximum Gasteiger partial charge on any atom is 0.282 e. The van der Waals surface area contributed by atoms with Gasteiger partial charge in [0.15, 0.2) is 5.82 Å². The minimum Gasteiger partial charge on any atom is -0.346 e. The Balaban J connectivity index is 0.00000240. The SMILES string of the molecule is N#Cc1c[nH]c2ncnc(N3CCC[C@H]3c3nn4ccc(C5CC5)c4c(=O)n3-c3ccccc3)c12.S. The Hall–Kier alpha value is -4.10. The molecule has 2 aliphatic rings. The maximum absolute atomic E-state index is 14.0. The van der Waals surface area contributed by atoms with E-state index in [-0.39, 0.29) is 25.1 Å². The first-order valence-corrected chi connectivity index (χ1v) is 11.9. The van der Waals surface area contributed by atoms with E-state index in [0.29, 0.717) is 39.7 Å². The summed E-state index contributed by atoms with van der Waals surface area (Å²) in [5.74, 6) is 1.81. The van der Waals surface area contributed by atoms with E-state index in [4.69, 9.17) is 5.10 Å². The molecule has 0 amide bonds. The lowest BCUT2D eigenvalue weighted by Crippen LogP contribution is -2.33. The van der Waals surface area contributed by atoms with E-state index in [1.165, 1.54) is 6.33 Å².